The number of amides is 1. The zero-order valence-corrected chi connectivity index (χ0v) is 12.3. The van der Waals surface area contributed by atoms with Crippen LogP contribution in [-0.4, -0.2) is 52.9 Å². The van der Waals surface area contributed by atoms with E-state index in [9.17, 15) is 4.79 Å². The maximum absolute atomic E-state index is 12.4. The first-order valence-corrected chi connectivity index (χ1v) is 7.04. The number of carbonyl (C=O) groups is 1. The number of likely N-dealkylation sites (N-methyl/N-ethyl adjacent to an activating group) is 1. The Kier molecular flexibility index (Phi) is 4.24. The quantitative estimate of drug-likeness (QED) is 0.833. The summed E-state index contributed by atoms with van der Waals surface area (Å²) in [5.41, 5.74) is 0.689. The normalized spacial score (nSPS) is 19.4. The van der Waals surface area contributed by atoms with Crippen molar-refractivity contribution in [1.29, 1.82) is 0 Å². The van der Waals surface area contributed by atoms with E-state index in [2.05, 4.69) is 23.7 Å². The van der Waals surface area contributed by atoms with Crippen molar-refractivity contribution in [3.8, 4) is 0 Å². The van der Waals surface area contributed by atoms with Gasteiger partial charge in [0.1, 0.15) is 0 Å². The number of oxazole rings is 1. The fourth-order valence-electron chi connectivity index (χ4n) is 2.84. The summed E-state index contributed by atoms with van der Waals surface area (Å²) in [4.78, 5) is 20.9. The Labute approximate surface area is 114 Å². The van der Waals surface area contributed by atoms with Crippen LogP contribution in [0.2, 0.25) is 0 Å². The van der Waals surface area contributed by atoms with Gasteiger partial charge in [-0.1, -0.05) is 13.8 Å². The number of hydrogen-bond acceptors (Lipinski definition) is 4. The van der Waals surface area contributed by atoms with E-state index in [-0.39, 0.29) is 5.91 Å². The van der Waals surface area contributed by atoms with Crippen molar-refractivity contribution in [3.05, 3.63) is 17.3 Å². The highest BCUT2D eigenvalue weighted by Gasteiger charge is 2.31. The van der Waals surface area contributed by atoms with Crippen molar-refractivity contribution >= 4 is 5.91 Å². The number of carbonyl (C=O) groups excluding carboxylic acids is 1. The summed E-state index contributed by atoms with van der Waals surface area (Å²) in [5.74, 6) is 0.936. The highest BCUT2D eigenvalue weighted by Crippen LogP contribution is 2.20. The predicted octanol–water partition coefficient (Wildman–Crippen LogP) is 1.85. The van der Waals surface area contributed by atoms with Crippen molar-refractivity contribution < 1.29 is 9.21 Å². The van der Waals surface area contributed by atoms with Crippen molar-refractivity contribution in [2.24, 2.45) is 0 Å². The second-order valence-corrected chi connectivity index (χ2v) is 5.06. The molecule has 0 radical (unpaired) electrons. The number of aryl methyl sites for hydroxylation is 2. The number of aromatic nitrogens is 1. The van der Waals surface area contributed by atoms with E-state index in [4.69, 9.17) is 4.42 Å². The van der Waals surface area contributed by atoms with Crippen LogP contribution in [-0.2, 0) is 0 Å². The molecule has 1 atom stereocenters. The number of likely N-dealkylation sites (tertiary alicyclic amines) is 1. The molecule has 1 aliphatic rings. The zero-order chi connectivity index (χ0) is 14.0. The fourth-order valence-corrected chi connectivity index (χ4v) is 2.84. The summed E-state index contributed by atoms with van der Waals surface area (Å²) in [6.45, 7) is 11.6. The molecule has 0 saturated carbocycles. The Morgan fingerprint density at radius 2 is 2.11 bits per heavy atom. The average Bonchev–Trinajstić information content (AvgIpc) is 2.97. The molecule has 1 fully saturated rings. The van der Waals surface area contributed by atoms with Crippen LogP contribution in [0.1, 0.15) is 42.4 Å². The lowest BCUT2D eigenvalue weighted by molar-refractivity contribution is 0.0744. The van der Waals surface area contributed by atoms with Crippen LogP contribution in [0.25, 0.3) is 0 Å². The van der Waals surface area contributed by atoms with Gasteiger partial charge < -0.3 is 9.32 Å². The number of nitrogens with zero attached hydrogens (tertiary/aromatic N) is 3. The summed E-state index contributed by atoms with van der Waals surface area (Å²) in [5, 5.41) is 0. The third kappa shape index (κ3) is 2.81. The Hall–Kier alpha value is -1.36. The summed E-state index contributed by atoms with van der Waals surface area (Å²) in [6.07, 6.45) is 1.04. The minimum atomic E-state index is -0.0206. The van der Waals surface area contributed by atoms with E-state index in [1.807, 2.05) is 11.8 Å². The van der Waals surface area contributed by atoms with Crippen LogP contribution in [0.5, 0.6) is 0 Å². The molecule has 0 unspecified atom stereocenters. The molecule has 106 valence electrons. The lowest BCUT2D eigenvalue weighted by Crippen LogP contribution is -2.38. The van der Waals surface area contributed by atoms with Gasteiger partial charge in [-0.2, -0.15) is 0 Å². The van der Waals surface area contributed by atoms with Crippen molar-refractivity contribution in [3.63, 3.8) is 0 Å². The van der Waals surface area contributed by atoms with Gasteiger partial charge in [0.2, 0.25) is 5.76 Å². The summed E-state index contributed by atoms with van der Waals surface area (Å²) in [7, 11) is 0. The van der Waals surface area contributed by atoms with Crippen LogP contribution in [0, 0.1) is 13.8 Å². The molecule has 5 heteroatoms. The van der Waals surface area contributed by atoms with E-state index in [1.54, 1.807) is 6.92 Å². The molecule has 1 aromatic rings. The molecule has 1 aliphatic heterocycles. The van der Waals surface area contributed by atoms with Gasteiger partial charge in [-0.05, 0) is 26.4 Å². The highest BCUT2D eigenvalue weighted by atomic mass is 16.4. The van der Waals surface area contributed by atoms with Gasteiger partial charge in [0.25, 0.3) is 5.91 Å². The van der Waals surface area contributed by atoms with Gasteiger partial charge in [-0.3, -0.25) is 9.69 Å². The fraction of sp³-hybridized carbons (Fsp3) is 0.714. The van der Waals surface area contributed by atoms with Gasteiger partial charge in [0.05, 0.1) is 5.69 Å². The molecule has 5 nitrogen and oxygen atoms in total. The smallest absolute Gasteiger partial charge is 0.291 e. The Morgan fingerprint density at radius 3 is 2.63 bits per heavy atom. The molecule has 2 rings (SSSR count). The Balaban J connectivity index is 2.04. The van der Waals surface area contributed by atoms with Gasteiger partial charge in [-0.25, -0.2) is 4.98 Å². The standard InChI is InChI=1S/C14H23N3O2/c1-5-16(6-2)12-7-8-17(9-12)14(18)13-10(3)15-11(4)19-13/h12H,5-9H2,1-4H3/t12-/m1/s1. The molecular formula is C14H23N3O2. The molecule has 0 spiro atoms. The predicted molar refractivity (Wildman–Crippen MR) is 73.2 cm³/mol. The first-order chi connectivity index (χ1) is 9.06. The maximum Gasteiger partial charge on any atom is 0.291 e. The second kappa shape index (κ2) is 5.74. The first kappa shape index (κ1) is 14.1. The molecule has 0 aromatic carbocycles. The molecule has 1 saturated heterocycles. The van der Waals surface area contributed by atoms with Gasteiger partial charge in [0.15, 0.2) is 5.89 Å². The van der Waals surface area contributed by atoms with E-state index in [0.29, 0.717) is 23.4 Å². The third-order valence-corrected chi connectivity index (χ3v) is 3.88. The van der Waals surface area contributed by atoms with Crippen LogP contribution in [0.4, 0.5) is 0 Å². The van der Waals surface area contributed by atoms with Crippen molar-refractivity contribution in [2.45, 2.75) is 40.2 Å². The SMILES string of the molecule is CCN(CC)[C@@H]1CCN(C(=O)c2oc(C)nc2C)C1. The number of hydrogen-bond donors (Lipinski definition) is 0. The monoisotopic (exact) mass is 265 g/mol. The minimum Gasteiger partial charge on any atom is -0.436 e. The zero-order valence-electron chi connectivity index (χ0n) is 12.3. The van der Waals surface area contributed by atoms with Gasteiger partial charge in [-0.15, -0.1) is 0 Å². The second-order valence-electron chi connectivity index (χ2n) is 5.06. The molecule has 1 aromatic heterocycles. The molecule has 1 amide bonds. The first-order valence-electron chi connectivity index (χ1n) is 7.04. The summed E-state index contributed by atoms with van der Waals surface area (Å²) < 4.78 is 5.42. The summed E-state index contributed by atoms with van der Waals surface area (Å²) >= 11 is 0. The molecule has 0 bridgehead atoms. The Bertz CT molecular complexity index is 452. The largest absolute Gasteiger partial charge is 0.436 e. The van der Waals surface area contributed by atoms with Gasteiger partial charge in [0, 0.05) is 26.1 Å². The maximum atomic E-state index is 12.4. The lowest BCUT2D eigenvalue weighted by Gasteiger charge is -2.25. The van der Waals surface area contributed by atoms with E-state index >= 15 is 0 Å². The molecule has 19 heavy (non-hydrogen) atoms. The summed E-state index contributed by atoms with van der Waals surface area (Å²) in [6, 6.07) is 0.475. The lowest BCUT2D eigenvalue weighted by atomic mass is 10.2. The topological polar surface area (TPSA) is 49.6 Å². The van der Waals surface area contributed by atoms with E-state index in [0.717, 1.165) is 32.6 Å². The van der Waals surface area contributed by atoms with Crippen LogP contribution in [0.15, 0.2) is 4.42 Å². The van der Waals surface area contributed by atoms with Crippen molar-refractivity contribution in [1.82, 2.24) is 14.8 Å². The molecule has 2 heterocycles. The highest BCUT2D eigenvalue weighted by molar-refractivity contribution is 5.92. The van der Waals surface area contributed by atoms with E-state index < -0.39 is 0 Å². The van der Waals surface area contributed by atoms with E-state index in [1.165, 1.54) is 0 Å². The Morgan fingerprint density at radius 1 is 1.42 bits per heavy atom. The average molecular weight is 265 g/mol. The third-order valence-electron chi connectivity index (χ3n) is 3.88. The van der Waals surface area contributed by atoms with Crippen LogP contribution >= 0.6 is 0 Å². The van der Waals surface area contributed by atoms with Crippen LogP contribution in [0.3, 0.4) is 0 Å². The molecule has 0 N–H and O–H groups in total. The molecule has 0 aliphatic carbocycles. The van der Waals surface area contributed by atoms with Gasteiger partial charge >= 0.3 is 0 Å². The number of rotatable bonds is 4. The van der Waals surface area contributed by atoms with Crippen molar-refractivity contribution in [2.75, 3.05) is 26.2 Å². The minimum absolute atomic E-state index is 0.0206. The molecular weight excluding hydrogens is 242 g/mol. The van der Waals surface area contributed by atoms with Crippen LogP contribution < -0.4 is 0 Å².